The van der Waals surface area contributed by atoms with Crippen LogP contribution in [0, 0.1) is 0 Å². The van der Waals surface area contributed by atoms with Crippen LogP contribution >= 0.6 is 0 Å². The molecule has 0 bridgehead atoms. The number of rotatable bonds is 5. The van der Waals surface area contributed by atoms with E-state index in [4.69, 9.17) is 0 Å². The van der Waals surface area contributed by atoms with Crippen molar-refractivity contribution < 1.29 is 8.42 Å². The Bertz CT molecular complexity index is 699. The smallest absolute Gasteiger partial charge is 0.212 e. The first-order valence-corrected chi connectivity index (χ1v) is 9.02. The van der Waals surface area contributed by atoms with E-state index >= 15 is 0 Å². The molecule has 0 amide bonds. The van der Waals surface area contributed by atoms with Crippen molar-refractivity contribution in [2.45, 2.75) is 38.5 Å². The molecule has 0 spiro atoms. The molecule has 0 saturated heterocycles. The number of sulfonamides is 1. The quantitative estimate of drug-likeness (QED) is 0.916. The van der Waals surface area contributed by atoms with Crippen LogP contribution in [0.4, 0.5) is 0 Å². The van der Waals surface area contributed by atoms with E-state index < -0.39 is 10.0 Å². The average Bonchev–Trinajstić information content (AvgIpc) is 2.45. The predicted molar refractivity (Wildman–Crippen MR) is 91.0 cm³/mol. The van der Waals surface area contributed by atoms with Gasteiger partial charge in [0.1, 0.15) is 0 Å². The van der Waals surface area contributed by atoms with E-state index in [0.29, 0.717) is 6.54 Å². The molecule has 1 N–H and O–H groups in total. The number of hydrogen-bond donors (Lipinski definition) is 1. The number of hydrogen-bond acceptors (Lipinski definition) is 2. The van der Waals surface area contributed by atoms with Crippen LogP contribution in [0.5, 0.6) is 0 Å². The summed E-state index contributed by atoms with van der Waals surface area (Å²) in [6.07, 6.45) is 0. The highest BCUT2D eigenvalue weighted by molar-refractivity contribution is 7.88. The average molecular weight is 317 g/mol. The van der Waals surface area contributed by atoms with Gasteiger partial charge in [-0.25, -0.2) is 13.1 Å². The number of nitrogens with one attached hydrogen (secondary N) is 1. The zero-order valence-corrected chi connectivity index (χ0v) is 14.2. The third-order valence-electron chi connectivity index (χ3n) is 3.52. The Hall–Kier alpha value is -1.65. The largest absolute Gasteiger partial charge is 0.216 e. The van der Waals surface area contributed by atoms with Gasteiger partial charge in [0.15, 0.2) is 0 Å². The summed E-state index contributed by atoms with van der Waals surface area (Å²) in [5.74, 6) is 0.00785. The highest BCUT2D eigenvalue weighted by atomic mass is 32.2. The third kappa shape index (κ3) is 4.97. The van der Waals surface area contributed by atoms with E-state index in [1.807, 2.05) is 42.5 Å². The minimum atomic E-state index is -3.32. The van der Waals surface area contributed by atoms with E-state index in [9.17, 15) is 8.42 Å². The zero-order valence-electron chi connectivity index (χ0n) is 13.3. The molecule has 0 atom stereocenters. The summed E-state index contributed by atoms with van der Waals surface area (Å²) >= 11 is 0. The Morgan fingerprint density at radius 3 is 2.00 bits per heavy atom. The number of benzene rings is 2. The first kappa shape index (κ1) is 16.7. The Balaban J connectivity index is 1.97. The Morgan fingerprint density at radius 1 is 0.864 bits per heavy atom. The second-order valence-electron chi connectivity index (χ2n) is 6.51. The SMILES string of the molecule is CC(C)(C)c1ccc(CNS(=O)(=O)Cc2ccccc2)cc1. The van der Waals surface area contributed by atoms with Gasteiger partial charge in [0.05, 0.1) is 5.75 Å². The Morgan fingerprint density at radius 2 is 1.45 bits per heavy atom. The van der Waals surface area contributed by atoms with Crippen molar-refractivity contribution in [2.75, 3.05) is 0 Å². The molecule has 3 nitrogen and oxygen atoms in total. The molecule has 118 valence electrons. The highest BCUT2D eigenvalue weighted by Crippen LogP contribution is 2.22. The second-order valence-corrected chi connectivity index (χ2v) is 8.32. The van der Waals surface area contributed by atoms with E-state index in [1.54, 1.807) is 0 Å². The highest BCUT2D eigenvalue weighted by Gasteiger charge is 2.14. The van der Waals surface area contributed by atoms with Gasteiger partial charge in [0.2, 0.25) is 10.0 Å². The van der Waals surface area contributed by atoms with Crippen LogP contribution in [-0.2, 0) is 27.7 Å². The van der Waals surface area contributed by atoms with Crippen LogP contribution in [0.15, 0.2) is 54.6 Å². The van der Waals surface area contributed by atoms with Crippen molar-refractivity contribution in [2.24, 2.45) is 0 Å². The lowest BCUT2D eigenvalue weighted by molar-refractivity contribution is 0.579. The Labute approximate surface area is 133 Å². The lowest BCUT2D eigenvalue weighted by atomic mass is 9.87. The molecule has 0 saturated carbocycles. The van der Waals surface area contributed by atoms with E-state index in [1.165, 1.54) is 5.56 Å². The molecular weight excluding hydrogens is 294 g/mol. The van der Waals surface area contributed by atoms with Crippen molar-refractivity contribution in [3.63, 3.8) is 0 Å². The molecule has 0 radical (unpaired) electrons. The summed E-state index contributed by atoms with van der Waals surface area (Å²) < 4.78 is 26.8. The molecule has 0 heterocycles. The van der Waals surface area contributed by atoms with Crippen LogP contribution < -0.4 is 4.72 Å². The fourth-order valence-electron chi connectivity index (χ4n) is 2.16. The van der Waals surface area contributed by atoms with Crippen molar-refractivity contribution in [1.29, 1.82) is 0 Å². The van der Waals surface area contributed by atoms with E-state index in [-0.39, 0.29) is 11.2 Å². The van der Waals surface area contributed by atoms with Crippen LogP contribution in [0.2, 0.25) is 0 Å². The van der Waals surface area contributed by atoms with Crippen LogP contribution in [0.1, 0.15) is 37.5 Å². The van der Waals surface area contributed by atoms with Crippen LogP contribution in [-0.4, -0.2) is 8.42 Å². The maximum absolute atomic E-state index is 12.1. The summed E-state index contributed by atoms with van der Waals surface area (Å²) in [7, 11) is -3.32. The monoisotopic (exact) mass is 317 g/mol. The topological polar surface area (TPSA) is 46.2 Å². The van der Waals surface area contributed by atoms with Crippen LogP contribution in [0.3, 0.4) is 0 Å². The molecular formula is C18H23NO2S. The molecule has 2 aromatic rings. The van der Waals surface area contributed by atoms with Gasteiger partial charge >= 0.3 is 0 Å². The molecule has 2 rings (SSSR count). The first-order valence-electron chi connectivity index (χ1n) is 7.37. The molecule has 0 aromatic heterocycles. The molecule has 0 aliphatic heterocycles. The van der Waals surface area contributed by atoms with Gasteiger partial charge in [-0.3, -0.25) is 0 Å². The Kier molecular flexibility index (Phi) is 5.04. The van der Waals surface area contributed by atoms with E-state index in [0.717, 1.165) is 11.1 Å². The third-order valence-corrected chi connectivity index (χ3v) is 4.81. The normalized spacial score (nSPS) is 12.3. The fraction of sp³-hybridized carbons (Fsp3) is 0.333. The second kappa shape index (κ2) is 6.63. The molecule has 2 aromatic carbocycles. The summed E-state index contributed by atoms with van der Waals surface area (Å²) in [5, 5.41) is 0. The maximum Gasteiger partial charge on any atom is 0.216 e. The van der Waals surface area contributed by atoms with Gasteiger partial charge in [-0.05, 0) is 22.1 Å². The van der Waals surface area contributed by atoms with Crippen molar-refractivity contribution in [3.05, 3.63) is 71.3 Å². The first-order chi connectivity index (χ1) is 10.3. The molecule has 0 aliphatic rings. The minimum absolute atomic E-state index is 0.00785. The molecule has 22 heavy (non-hydrogen) atoms. The van der Waals surface area contributed by atoms with Gasteiger partial charge in [-0.1, -0.05) is 75.4 Å². The fourth-order valence-corrected chi connectivity index (χ4v) is 3.28. The van der Waals surface area contributed by atoms with Gasteiger partial charge in [-0.15, -0.1) is 0 Å². The lowest BCUT2D eigenvalue weighted by Gasteiger charge is -2.19. The summed E-state index contributed by atoms with van der Waals surface area (Å²) in [6, 6.07) is 17.3. The summed E-state index contributed by atoms with van der Waals surface area (Å²) in [4.78, 5) is 0. The molecule has 4 heteroatoms. The minimum Gasteiger partial charge on any atom is -0.212 e. The predicted octanol–water partition coefficient (Wildman–Crippen LogP) is 3.60. The molecule has 0 aliphatic carbocycles. The molecule has 0 unspecified atom stereocenters. The van der Waals surface area contributed by atoms with Crippen molar-refractivity contribution in [3.8, 4) is 0 Å². The van der Waals surface area contributed by atoms with Gasteiger partial charge in [-0.2, -0.15) is 0 Å². The zero-order chi connectivity index (χ0) is 16.2. The van der Waals surface area contributed by atoms with Crippen LogP contribution in [0.25, 0.3) is 0 Å². The summed E-state index contributed by atoms with van der Waals surface area (Å²) in [5.41, 5.74) is 3.09. The van der Waals surface area contributed by atoms with Crippen molar-refractivity contribution >= 4 is 10.0 Å². The van der Waals surface area contributed by atoms with Crippen molar-refractivity contribution in [1.82, 2.24) is 4.72 Å². The lowest BCUT2D eigenvalue weighted by Crippen LogP contribution is -2.24. The van der Waals surface area contributed by atoms with Gasteiger partial charge < -0.3 is 0 Å². The maximum atomic E-state index is 12.1. The summed E-state index contributed by atoms with van der Waals surface area (Å²) in [6.45, 7) is 6.79. The van der Waals surface area contributed by atoms with Gasteiger partial charge in [0, 0.05) is 6.54 Å². The standard InChI is InChI=1S/C18H23NO2S/c1-18(2,3)17-11-9-15(10-12-17)13-19-22(20,21)14-16-7-5-4-6-8-16/h4-12,19H,13-14H2,1-3H3. The molecule has 0 fully saturated rings. The van der Waals surface area contributed by atoms with E-state index in [2.05, 4.69) is 37.6 Å². The van der Waals surface area contributed by atoms with Gasteiger partial charge in [0.25, 0.3) is 0 Å².